The molecule has 1 aromatic rings. The van der Waals surface area contributed by atoms with Gasteiger partial charge in [0.25, 0.3) is 5.91 Å². The third-order valence-corrected chi connectivity index (χ3v) is 7.28. The molecule has 0 bridgehead atoms. The van der Waals surface area contributed by atoms with Gasteiger partial charge in [0, 0.05) is 18.0 Å². The molecule has 0 aliphatic carbocycles. The van der Waals surface area contributed by atoms with Gasteiger partial charge in [-0.25, -0.2) is 13.1 Å². The van der Waals surface area contributed by atoms with Crippen LogP contribution in [0.1, 0.15) is 61.0 Å². The Hall–Kier alpha value is -2.72. The van der Waals surface area contributed by atoms with E-state index >= 15 is 0 Å². The Kier molecular flexibility index (Phi) is 11.3. The molecule has 0 spiro atoms. The summed E-state index contributed by atoms with van der Waals surface area (Å²) < 4.78 is 24.9. The number of nitrogens with zero attached hydrogens (tertiary/aromatic N) is 1. The zero-order valence-corrected chi connectivity index (χ0v) is 25.5. The average Bonchev–Trinajstić information content (AvgIpc) is 2.78. The molecule has 0 aromatic heterocycles. The molecule has 0 saturated heterocycles. The van der Waals surface area contributed by atoms with Gasteiger partial charge in [-0.1, -0.05) is 84.9 Å². The molecular formula is C28H46N4O5S. The van der Waals surface area contributed by atoms with Gasteiger partial charge in [-0.15, -0.1) is 0 Å². The Bertz CT molecular complexity index is 1120. The topological polar surface area (TPSA) is 125 Å². The first kappa shape index (κ1) is 33.3. The van der Waals surface area contributed by atoms with E-state index in [2.05, 4.69) is 10.6 Å². The Morgan fingerprint density at radius 3 is 1.92 bits per heavy atom. The minimum Gasteiger partial charge on any atom is -0.342 e. The lowest BCUT2D eigenvalue weighted by Crippen LogP contribution is -2.61. The normalized spacial score (nSPS) is 15.4. The number of carbonyl (C=O) groups excluding carboxylic acids is 3. The van der Waals surface area contributed by atoms with Gasteiger partial charge in [-0.2, -0.15) is 0 Å². The Balaban J connectivity index is 3.31. The highest BCUT2D eigenvalue weighted by Crippen LogP contribution is 2.29. The van der Waals surface area contributed by atoms with E-state index in [1.54, 1.807) is 20.2 Å². The van der Waals surface area contributed by atoms with Crippen LogP contribution in [-0.4, -0.2) is 69.5 Å². The first-order valence-corrected chi connectivity index (χ1v) is 14.6. The van der Waals surface area contributed by atoms with Crippen molar-refractivity contribution in [2.45, 2.75) is 78.9 Å². The molecular weight excluding hydrogens is 504 g/mol. The SMILES string of the molecule is CN[C@H](C(=O)N[C@H](C(=O)N(C)C(C=C(C)C(=O)NS(C)(=O)=O)C(C)C)C(C)(C)C)C(C)(C)c1ccccc1. The monoisotopic (exact) mass is 550 g/mol. The third-order valence-electron chi connectivity index (χ3n) is 6.72. The zero-order chi connectivity index (χ0) is 29.6. The van der Waals surface area contributed by atoms with Gasteiger partial charge in [0.15, 0.2) is 0 Å². The summed E-state index contributed by atoms with van der Waals surface area (Å²) in [6, 6.07) is 7.73. The summed E-state index contributed by atoms with van der Waals surface area (Å²) in [4.78, 5) is 41.3. The van der Waals surface area contributed by atoms with Crippen molar-refractivity contribution >= 4 is 27.7 Å². The highest BCUT2D eigenvalue weighted by Gasteiger charge is 2.41. The van der Waals surface area contributed by atoms with E-state index in [1.807, 2.05) is 83.5 Å². The number of likely N-dealkylation sites (N-methyl/N-ethyl adjacent to an activating group) is 2. The lowest BCUT2D eigenvalue weighted by atomic mass is 9.76. The van der Waals surface area contributed by atoms with Crippen LogP contribution in [0, 0.1) is 11.3 Å². The molecule has 0 aliphatic heterocycles. The van der Waals surface area contributed by atoms with Crippen LogP contribution in [0.25, 0.3) is 0 Å². The maximum atomic E-state index is 13.8. The van der Waals surface area contributed by atoms with Gasteiger partial charge in [-0.05, 0) is 30.9 Å². The molecule has 1 aromatic carbocycles. The predicted molar refractivity (Wildman–Crippen MR) is 152 cm³/mol. The van der Waals surface area contributed by atoms with Crippen molar-refractivity contribution in [2.24, 2.45) is 11.3 Å². The molecule has 1 unspecified atom stereocenters. The Labute approximate surface area is 228 Å². The largest absolute Gasteiger partial charge is 0.342 e. The molecule has 9 nitrogen and oxygen atoms in total. The molecule has 38 heavy (non-hydrogen) atoms. The van der Waals surface area contributed by atoms with Gasteiger partial charge in [0.1, 0.15) is 6.04 Å². The molecule has 0 heterocycles. The molecule has 10 heteroatoms. The molecule has 3 atom stereocenters. The fraction of sp³-hybridized carbons (Fsp3) is 0.607. The maximum Gasteiger partial charge on any atom is 0.260 e. The molecule has 3 N–H and O–H groups in total. The summed E-state index contributed by atoms with van der Waals surface area (Å²) in [5.41, 5.74) is -0.0300. The first-order chi connectivity index (χ1) is 17.2. The van der Waals surface area contributed by atoms with Crippen LogP contribution < -0.4 is 15.4 Å². The lowest BCUT2D eigenvalue weighted by Gasteiger charge is -2.40. The number of sulfonamides is 1. The van der Waals surface area contributed by atoms with Gasteiger partial charge >= 0.3 is 0 Å². The van der Waals surface area contributed by atoms with E-state index in [-0.39, 0.29) is 23.3 Å². The van der Waals surface area contributed by atoms with Crippen LogP contribution in [0.3, 0.4) is 0 Å². The molecule has 214 valence electrons. The second-order valence-electron chi connectivity index (χ2n) is 11.9. The summed E-state index contributed by atoms with van der Waals surface area (Å²) >= 11 is 0. The molecule has 0 saturated carbocycles. The number of hydrogen-bond acceptors (Lipinski definition) is 6. The van der Waals surface area contributed by atoms with Crippen LogP contribution in [0.5, 0.6) is 0 Å². The molecule has 0 fully saturated rings. The van der Waals surface area contributed by atoms with Crippen molar-refractivity contribution in [2.75, 3.05) is 20.4 Å². The number of nitrogens with one attached hydrogen (secondary N) is 3. The van der Waals surface area contributed by atoms with Gasteiger partial charge in [0.2, 0.25) is 21.8 Å². The quantitative estimate of drug-likeness (QED) is 0.364. The van der Waals surface area contributed by atoms with E-state index in [0.717, 1.165) is 11.8 Å². The van der Waals surface area contributed by atoms with E-state index < -0.39 is 44.9 Å². The number of rotatable bonds is 11. The number of benzene rings is 1. The zero-order valence-electron chi connectivity index (χ0n) is 24.7. The Morgan fingerprint density at radius 1 is 0.974 bits per heavy atom. The van der Waals surface area contributed by atoms with Crippen LogP contribution in [0.2, 0.25) is 0 Å². The second-order valence-corrected chi connectivity index (χ2v) is 13.6. The summed E-state index contributed by atoms with van der Waals surface area (Å²) in [5.74, 6) is -1.46. The molecule has 0 radical (unpaired) electrons. The van der Waals surface area contributed by atoms with Crippen LogP contribution >= 0.6 is 0 Å². The lowest BCUT2D eigenvalue weighted by molar-refractivity contribution is -0.140. The van der Waals surface area contributed by atoms with Gasteiger partial charge in [0.05, 0.1) is 18.3 Å². The predicted octanol–water partition coefficient (Wildman–Crippen LogP) is 2.59. The van der Waals surface area contributed by atoms with E-state index in [0.29, 0.717) is 0 Å². The number of hydrogen-bond donors (Lipinski definition) is 3. The van der Waals surface area contributed by atoms with E-state index in [4.69, 9.17) is 0 Å². The summed E-state index contributed by atoms with van der Waals surface area (Å²) in [6.45, 7) is 14.9. The molecule has 3 amide bonds. The smallest absolute Gasteiger partial charge is 0.260 e. The summed E-state index contributed by atoms with van der Waals surface area (Å²) in [7, 11) is -0.379. The van der Waals surface area contributed by atoms with Crippen molar-refractivity contribution in [1.29, 1.82) is 0 Å². The highest BCUT2D eigenvalue weighted by molar-refractivity contribution is 7.89. The highest BCUT2D eigenvalue weighted by atomic mass is 32.2. The maximum absolute atomic E-state index is 13.8. The Morgan fingerprint density at radius 2 is 1.50 bits per heavy atom. The second kappa shape index (κ2) is 12.9. The van der Waals surface area contributed by atoms with E-state index in [9.17, 15) is 22.8 Å². The van der Waals surface area contributed by atoms with Crippen molar-refractivity contribution in [3.63, 3.8) is 0 Å². The van der Waals surface area contributed by atoms with Crippen molar-refractivity contribution in [3.8, 4) is 0 Å². The van der Waals surface area contributed by atoms with Crippen LogP contribution in [0.15, 0.2) is 42.0 Å². The van der Waals surface area contributed by atoms with Crippen molar-refractivity contribution in [3.05, 3.63) is 47.5 Å². The number of amides is 3. The summed E-state index contributed by atoms with van der Waals surface area (Å²) in [5, 5.41) is 6.12. The standard InChI is InChI=1S/C28H46N4O5S/c1-18(2)21(17-19(3)24(33)31-38(11,36)37)32(10)26(35)23(27(4,5)6)30-25(34)22(29-9)28(7,8)20-15-13-12-14-16-20/h12-18,21-23,29H,1-11H3,(H,30,34)(H,31,33)/t21?,22-,23-/m1/s1. The first-order valence-electron chi connectivity index (χ1n) is 12.7. The fourth-order valence-corrected chi connectivity index (χ4v) is 4.91. The van der Waals surface area contributed by atoms with Crippen molar-refractivity contribution in [1.82, 2.24) is 20.3 Å². The minimum atomic E-state index is -3.72. The molecule has 1 rings (SSSR count). The van der Waals surface area contributed by atoms with E-state index in [1.165, 1.54) is 11.8 Å². The van der Waals surface area contributed by atoms with Crippen LogP contribution in [-0.2, 0) is 29.8 Å². The third kappa shape index (κ3) is 8.94. The minimum absolute atomic E-state index is 0.0941. The van der Waals surface area contributed by atoms with Gasteiger partial charge in [-0.3, -0.25) is 14.4 Å². The molecule has 0 aliphatic rings. The van der Waals surface area contributed by atoms with Crippen molar-refractivity contribution < 1.29 is 22.8 Å². The summed E-state index contributed by atoms with van der Waals surface area (Å²) in [6.07, 6.45) is 2.49. The number of carbonyl (C=O) groups is 3. The van der Waals surface area contributed by atoms with Gasteiger partial charge < -0.3 is 15.5 Å². The fourth-order valence-electron chi connectivity index (χ4n) is 4.41. The average molecular weight is 551 g/mol. The van der Waals surface area contributed by atoms with Crippen LogP contribution in [0.4, 0.5) is 0 Å².